The molecule has 1 aromatic rings. The maximum absolute atomic E-state index is 12.3. The highest BCUT2D eigenvalue weighted by atomic mass is 32.2. The molecule has 0 amide bonds. The van der Waals surface area contributed by atoms with Crippen molar-refractivity contribution < 1.29 is 13.2 Å². The minimum absolute atomic E-state index is 0.137. The molecule has 96 valence electrons. The summed E-state index contributed by atoms with van der Waals surface area (Å²) >= 11 is 0. The molecule has 2 rings (SSSR count). The molecule has 1 aliphatic rings. The van der Waals surface area contributed by atoms with Crippen LogP contribution in [-0.4, -0.2) is 48.5 Å². The molecule has 1 aromatic heterocycles. The average Bonchev–Trinajstić information content (AvgIpc) is 2.78. The van der Waals surface area contributed by atoms with Crippen LogP contribution in [0.5, 0.6) is 0 Å². The Bertz CT molecular complexity index is 483. The maximum atomic E-state index is 12.3. The number of sulfonamides is 1. The minimum atomic E-state index is -3.47. The highest BCUT2D eigenvalue weighted by Crippen LogP contribution is 2.18. The van der Waals surface area contributed by atoms with E-state index in [-0.39, 0.29) is 11.1 Å². The quantitative estimate of drug-likeness (QED) is 0.851. The molecule has 0 saturated carbocycles. The Kier molecular flexibility index (Phi) is 3.50. The maximum Gasteiger partial charge on any atom is 0.260 e. The minimum Gasteiger partial charge on any atom is -0.378 e. The van der Waals surface area contributed by atoms with Gasteiger partial charge in [-0.3, -0.25) is 0 Å². The van der Waals surface area contributed by atoms with Crippen molar-refractivity contribution in [3.8, 4) is 0 Å². The molecule has 0 radical (unpaired) electrons. The molecule has 0 spiro atoms. The highest BCUT2D eigenvalue weighted by Gasteiger charge is 2.32. The van der Waals surface area contributed by atoms with E-state index < -0.39 is 10.0 Å². The fraction of sp³-hybridized carbons (Fsp3) is 0.700. The van der Waals surface area contributed by atoms with E-state index in [2.05, 4.69) is 9.97 Å². The van der Waals surface area contributed by atoms with Gasteiger partial charge in [0.25, 0.3) is 10.0 Å². The summed E-state index contributed by atoms with van der Waals surface area (Å²) in [6.07, 6.45) is 2.07. The smallest absolute Gasteiger partial charge is 0.260 e. The van der Waals surface area contributed by atoms with Gasteiger partial charge in [-0.05, 0) is 6.92 Å². The number of morpholine rings is 1. The molecule has 0 bridgehead atoms. The molecule has 0 aromatic carbocycles. The van der Waals surface area contributed by atoms with Gasteiger partial charge in [-0.15, -0.1) is 0 Å². The number of nitrogens with zero attached hydrogens (tertiary/aromatic N) is 2. The fourth-order valence-corrected chi connectivity index (χ4v) is 3.38. The Labute approximate surface area is 101 Å². The van der Waals surface area contributed by atoms with Gasteiger partial charge >= 0.3 is 0 Å². The molecule has 1 fully saturated rings. The molecule has 1 N–H and O–H groups in total. The lowest BCUT2D eigenvalue weighted by Crippen LogP contribution is -2.47. The van der Waals surface area contributed by atoms with Crippen molar-refractivity contribution >= 4 is 10.0 Å². The number of nitrogens with one attached hydrogen (secondary N) is 1. The first-order chi connectivity index (χ1) is 8.05. The molecule has 17 heavy (non-hydrogen) atoms. The normalized spacial score (nSPS) is 22.8. The Hall–Kier alpha value is -0.920. The third-order valence-electron chi connectivity index (χ3n) is 2.83. The van der Waals surface area contributed by atoms with Gasteiger partial charge in [0.05, 0.1) is 19.4 Å². The van der Waals surface area contributed by atoms with Gasteiger partial charge in [0.1, 0.15) is 5.82 Å². The molecule has 2 heterocycles. The van der Waals surface area contributed by atoms with Crippen LogP contribution in [0.15, 0.2) is 11.2 Å². The SMILES string of the molecule is CCc1ncc(S(=O)(=O)N2CCOCC2C)[nH]1. The largest absolute Gasteiger partial charge is 0.378 e. The standard InChI is InChI=1S/C10H17N3O3S/c1-3-9-11-6-10(12-9)17(14,15)13-4-5-16-7-8(13)2/h6,8H,3-5,7H2,1-2H3,(H,11,12). The van der Waals surface area contributed by atoms with E-state index in [1.165, 1.54) is 10.5 Å². The van der Waals surface area contributed by atoms with Gasteiger partial charge in [-0.25, -0.2) is 13.4 Å². The molecule has 6 nitrogen and oxygen atoms in total. The van der Waals surface area contributed by atoms with E-state index in [4.69, 9.17) is 4.74 Å². The molecular formula is C10H17N3O3S. The van der Waals surface area contributed by atoms with E-state index in [0.717, 1.165) is 0 Å². The Balaban J connectivity index is 2.28. The highest BCUT2D eigenvalue weighted by molar-refractivity contribution is 7.89. The summed E-state index contributed by atoms with van der Waals surface area (Å²) < 4.78 is 31.4. The van der Waals surface area contributed by atoms with E-state index >= 15 is 0 Å². The number of aromatic amines is 1. The first-order valence-corrected chi connectivity index (χ1v) is 7.13. The van der Waals surface area contributed by atoms with Crippen LogP contribution in [0.25, 0.3) is 0 Å². The Morgan fingerprint density at radius 1 is 1.65 bits per heavy atom. The van der Waals surface area contributed by atoms with Crippen molar-refractivity contribution in [3.63, 3.8) is 0 Å². The van der Waals surface area contributed by atoms with E-state index in [0.29, 0.717) is 32.0 Å². The first-order valence-electron chi connectivity index (χ1n) is 5.69. The summed E-state index contributed by atoms with van der Waals surface area (Å²) in [5.74, 6) is 0.685. The molecule has 0 aliphatic carbocycles. The summed E-state index contributed by atoms with van der Waals surface area (Å²) in [5.41, 5.74) is 0. The number of rotatable bonds is 3. The van der Waals surface area contributed by atoms with E-state index in [1.807, 2.05) is 13.8 Å². The number of ether oxygens (including phenoxy) is 1. The first kappa shape index (κ1) is 12.5. The Morgan fingerprint density at radius 2 is 2.41 bits per heavy atom. The number of aryl methyl sites for hydroxylation is 1. The molecule has 7 heteroatoms. The number of imidazole rings is 1. The summed E-state index contributed by atoms with van der Waals surface area (Å²) in [6.45, 7) is 5.04. The predicted octanol–water partition coefficient (Wildman–Crippen LogP) is 0.382. The van der Waals surface area contributed by atoms with Crippen LogP contribution in [-0.2, 0) is 21.2 Å². The molecule has 1 aliphatic heterocycles. The van der Waals surface area contributed by atoms with Crippen molar-refractivity contribution in [1.82, 2.24) is 14.3 Å². The monoisotopic (exact) mass is 259 g/mol. The number of H-pyrrole nitrogens is 1. The zero-order chi connectivity index (χ0) is 12.5. The lowest BCUT2D eigenvalue weighted by molar-refractivity contribution is 0.0391. The Morgan fingerprint density at radius 3 is 3.00 bits per heavy atom. The fourth-order valence-electron chi connectivity index (χ4n) is 1.85. The van der Waals surface area contributed by atoms with Crippen LogP contribution in [0, 0.1) is 0 Å². The number of hydrogen-bond donors (Lipinski definition) is 1. The summed E-state index contributed by atoms with van der Waals surface area (Å²) in [7, 11) is -3.47. The van der Waals surface area contributed by atoms with Gasteiger partial charge in [0.15, 0.2) is 5.03 Å². The summed E-state index contributed by atoms with van der Waals surface area (Å²) in [5, 5.41) is 0.170. The molecule has 1 atom stereocenters. The van der Waals surface area contributed by atoms with Crippen molar-refractivity contribution in [3.05, 3.63) is 12.0 Å². The number of hydrogen-bond acceptors (Lipinski definition) is 4. The van der Waals surface area contributed by atoms with Crippen LogP contribution in [0.4, 0.5) is 0 Å². The second-order valence-electron chi connectivity index (χ2n) is 4.09. The van der Waals surface area contributed by atoms with E-state index in [9.17, 15) is 8.42 Å². The van der Waals surface area contributed by atoms with E-state index in [1.54, 1.807) is 0 Å². The van der Waals surface area contributed by atoms with Crippen molar-refractivity contribution in [2.75, 3.05) is 19.8 Å². The van der Waals surface area contributed by atoms with Crippen molar-refractivity contribution in [1.29, 1.82) is 0 Å². The van der Waals surface area contributed by atoms with Crippen LogP contribution in [0.1, 0.15) is 19.7 Å². The topological polar surface area (TPSA) is 75.3 Å². The second-order valence-corrected chi connectivity index (χ2v) is 5.95. The summed E-state index contributed by atoms with van der Waals surface area (Å²) in [6, 6.07) is -0.137. The molecule has 1 unspecified atom stereocenters. The van der Waals surface area contributed by atoms with Crippen LogP contribution in [0.3, 0.4) is 0 Å². The van der Waals surface area contributed by atoms with Crippen LogP contribution < -0.4 is 0 Å². The number of aromatic nitrogens is 2. The lowest BCUT2D eigenvalue weighted by atomic mass is 10.3. The van der Waals surface area contributed by atoms with Crippen molar-refractivity contribution in [2.45, 2.75) is 31.3 Å². The lowest BCUT2D eigenvalue weighted by Gasteiger charge is -2.31. The average molecular weight is 259 g/mol. The third kappa shape index (κ3) is 2.36. The zero-order valence-electron chi connectivity index (χ0n) is 10.0. The second kappa shape index (κ2) is 4.75. The van der Waals surface area contributed by atoms with Gasteiger partial charge in [0.2, 0.25) is 0 Å². The predicted molar refractivity (Wildman–Crippen MR) is 62.1 cm³/mol. The van der Waals surface area contributed by atoms with Crippen LogP contribution in [0.2, 0.25) is 0 Å². The van der Waals surface area contributed by atoms with Gasteiger partial charge in [-0.1, -0.05) is 6.92 Å². The zero-order valence-corrected chi connectivity index (χ0v) is 10.8. The van der Waals surface area contributed by atoms with Gasteiger partial charge < -0.3 is 9.72 Å². The molecule has 1 saturated heterocycles. The molecular weight excluding hydrogens is 242 g/mol. The van der Waals surface area contributed by atoms with Gasteiger partial charge in [0, 0.05) is 19.0 Å². The van der Waals surface area contributed by atoms with Crippen LogP contribution >= 0.6 is 0 Å². The summed E-state index contributed by atoms with van der Waals surface area (Å²) in [4.78, 5) is 6.87. The van der Waals surface area contributed by atoms with Crippen molar-refractivity contribution in [2.24, 2.45) is 0 Å². The third-order valence-corrected chi connectivity index (χ3v) is 4.76. The van der Waals surface area contributed by atoms with Gasteiger partial charge in [-0.2, -0.15) is 4.31 Å².